The van der Waals surface area contributed by atoms with Gasteiger partial charge < -0.3 is 9.80 Å². The van der Waals surface area contributed by atoms with Crippen LogP contribution in [0.4, 0.5) is 34.1 Å². The molecule has 0 aromatic heterocycles. The summed E-state index contributed by atoms with van der Waals surface area (Å²) < 4.78 is 86.2. The average molecular weight is 679 g/mol. The highest BCUT2D eigenvalue weighted by molar-refractivity contribution is 5.84. The largest absolute Gasteiger partial charge is 0.310 e. The lowest BCUT2D eigenvalue weighted by atomic mass is 9.98. The summed E-state index contributed by atoms with van der Waals surface area (Å²) in [4.78, 5) is 3.42. The molecule has 2 heteroatoms. The van der Waals surface area contributed by atoms with E-state index in [9.17, 15) is 0 Å². The van der Waals surface area contributed by atoms with Gasteiger partial charge in [-0.15, -0.1) is 0 Å². The van der Waals surface area contributed by atoms with E-state index in [0.717, 1.165) is 44.5 Å². The fourth-order valence-electron chi connectivity index (χ4n) is 6.53. The molecule has 0 fully saturated rings. The molecule has 0 aliphatic carbocycles. The monoisotopic (exact) mass is 678 g/mol. The zero-order valence-corrected chi connectivity index (χ0v) is 28.8. The van der Waals surface area contributed by atoms with Crippen LogP contribution in [0.1, 0.15) is 24.8 Å². The van der Waals surface area contributed by atoms with E-state index >= 15 is 0 Å². The van der Waals surface area contributed by atoms with E-state index < -0.39 is 36.3 Å². The third-order valence-electron chi connectivity index (χ3n) is 9.09. The number of rotatable bonds is 9. The van der Waals surface area contributed by atoms with Crippen LogP contribution in [0.3, 0.4) is 0 Å². The van der Waals surface area contributed by atoms with Crippen molar-refractivity contribution in [3.63, 3.8) is 0 Å². The Morgan fingerprint density at radius 1 is 0.327 bits per heavy atom. The second-order valence-electron chi connectivity index (χ2n) is 12.4. The highest BCUT2D eigenvalue weighted by atomic mass is 15.1. The number of anilines is 6. The van der Waals surface area contributed by atoms with Gasteiger partial charge in [0.1, 0.15) is 0 Å². The molecule has 0 amide bonds. The van der Waals surface area contributed by atoms with E-state index in [0.29, 0.717) is 22.7 Å². The summed E-state index contributed by atoms with van der Waals surface area (Å²) in [5.74, 6) is 0. The SMILES string of the molecule is [2H]c1c([2H])c([2H])c(N(c2ccc(-c3ccccc3)cc2)c2ccc(-c3ccc(N(c4ccc(-c5ccccc5)cc4)c4c([2H])c([2H])c([2H])c([2H])c4[2H])c(C)c3)cc2C)c([2H])c1[2H]. The highest BCUT2D eigenvalue weighted by Gasteiger charge is 2.18. The van der Waals surface area contributed by atoms with Gasteiger partial charge in [0.2, 0.25) is 0 Å². The molecule has 52 heavy (non-hydrogen) atoms. The van der Waals surface area contributed by atoms with Crippen LogP contribution >= 0.6 is 0 Å². The Morgan fingerprint density at radius 2 is 0.654 bits per heavy atom. The predicted molar refractivity (Wildman–Crippen MR) is 222 cm³/mol. The maximum atomic E-state index is 8.93. The van der Waals surface area contributed by atoms with Crippen molar-refractivity contribution in [3.05, 3.63) is 217 Å². The third kappa shape index (κ3) is 6.75. The van der Waals surface area contributed by atoms with E-state index in [4.69, 9.17) is 13.7 Å². The Kier molecular flexibility index (Phi) is 6.48. The van der Waals surface area contributed by atoms with Crippen molar-refractivity contribution < 1.29 is 13.7 Å². The van der Waals surface area contributed by atoms with Gasteiger partial charge in [-0.3, -0.25) is 0 Å². The Morgan fingerprint density at radius 3 is 1.00 bits per heavy atom. The first-order valence-electron chi connectivity index (χ1n) is 22.0. The lowest BCUT2D eigenvalue weighted by molar-refractivity contribution is 1.24. The summed E-state index contributed by atoms with van der Waals surface area (Å²) in [6, 6.07) is 42.8. The summed E-state index contributed by atoms with van der Waals surface area (Å²) in [5, 5.41) is 0. The topological polar surface area (TPSA) is 6.48 Å². The van der Waals surface area contributed by atoms with Gasteiger partial charge in [0.25, 0.3) is 0 Å². The van der Waals surface area contributed by atoms with Crippen molar-refractivity contribution in [2.24, 2.45) is 0 Å². The lowest BCUT2D eigenvalue weighted by Crippen LogP contribution is -2.11. The second-order valence-corrected chi connectivity index (χ2v) is 12.4. The van der Waals surface area contributed by atoms with Crippen molar-refractivity contribution >= 4 is 34.1 Å². The number of hydrogen-bond donors (Lipinski definition) is 0. The Balaban J connectivity index is 1.22. The van der Waals surface area contributed by atoms with Gasteiger partial charge in [-0.1, -0.05) is 133 Å². The first-order valence-corrected chi connectivity index (χ1v) is 17.0. The van der Waals surface area contributed by atoms with Crippen LogP contribution in [-0.4, -0.2) is 0 Å². The molecule has 0 N–H and O–H groups in total. The van der Waals surface area contributed by atoms with Gasteiger partial charge in [-0.05, 0) is 131 Å². The fourth-order valence-corrected chi connectivity index (χ4v) is 6.53. The van der Waals surface area contributed by atoms with Crippen molar-refractivity contribution in [2.75, 3.05) is 9.80 Å². The molecule has 0 radical (unpaired) electrons. The van der Waals surface area contributed by atoms with Crippen molar-refractivity contribution in [3.8, 4) is 33.4 Å². The standard InChI is InChI=1S/C50H40N2/c1-37-35-43(27-33-49(37)51(45-19-11-5-12-20-45)47-29-23-41(24-30-47)39-15-7-3-8-16-39)44-28-34-50(38(2)36-44)52(46-21-13-6-14-22-46)48-31-25-42(26-32-48)40-17-9-4-10-18-40/h3-36H,1-2H3/i5D,6D,11D,12D,13D,14D,19D,20D,21D,22D. The van der Waals surface area contributed by atoms with E-state index in [1.807, 2.05) is 159 Å². The predicted octanol–water partition coefficient (Wildman–Crippen LogP) is 14.2. The molecule has 0 heterocycles. The minimum Gasteiger partial charge on any atom is -0.310 e. The Hall–Kier alpha value is -6.64. The van der Waals surface area contributed by atoms with Crippen LogP contribution in [0.2, 0.25) is 0 Å². The molecular formula is C50H40N2. The lowest BCUT2D eigenvalue weighted by Gasteiger charge is -2.28. The molecule has 2 nitrogen and oxygen atoms in total. The van der Waals surface area contributed by atoms with Crippen LogP contribution in [0.15, 0.2) is 206 Å². The van der Waals surface area contributed by atoms with Crippen LogP contribution in [-0.2, 0) is 0 Å². The van der Waals surface area contributed by atoms with E-state index in [1.165, 1.54) is 0 Å². The molecule has 0 aliphatic heterocycles. The van der Waals surface area contributed by atoms with E-state index in [2.05, 4.69) is 0 Å². The summed E-state index contributed by atoms with van der Waals surface area (Å²) >= 11 is 0. The molecule has 0 bridgehead atoms. The fraction of sp³-hybridized carbons (Fsp3) is 0.0400. The Bertz CT molecular complexity index is 2710. The Labute approximate surface area is 321 Å². The third-order valence-corrected chi connectivity index (χ3v) is 9.09. The molecule has 0 aliphatic rings. The van der Waals surface area contributed by atoms with Crippen molar-refractivity contribution in [1.82, 2.24) is 0 Å². The number of benzene rings is 8. The van der Waals surface area contributed by atoms with Gasteiger partial charge in [-0.25, -0.2) is 0 Å². The number of para-hydroxylation sites is 2. The van der Waals surface area contributed by atoms with Crippen LogP contribution < -0.4 is 9.80 Å². The maximum Gasteiger partial charge on any atom is 0.0645 e. The number of aryl methyl sites for hydroxylation is 2. The molecule has 8 aromatic rings. The van der Waals surface area contributed by atoms with Gasteiger partial charge in [0.15, 0.2) is 0 Å². The number of hydrogen-bond acceptors (Lipinski definition) is 2. The molecule has 0 atom stereocenters. The van der Waals surface area contributed by atoms with Crippen LogP contribution in [0.25, 0.3) is 33.4 Å². The van der Waals surface area contributed by atoms with E-state index in [-0.39, 0.29) is 35.5 Å². The van der Waals surface area contributed by atoms with Gasteiger partial charge in [-0.2, -0.15) is 0 Å². The molecular weight excluding hydrogens is 629 g/mol. The quantitative estimate of drug-likeness (QED) is 0.150. The van der Waals surface area contributed by atoms with Gasteiger partial charge in [0.05, 0.1) is 13.7 Å². The van der Waals surface area contributed by atoms with Crippen molar-refractivity contribution in [1.29, 1.82) is 0 Å². The maximum absolute atomic E-state index is 8.93. The molecule has 8 rings (SSSR count). The summed E-state index contributed by atoms with van der Waals surface area (Å²) in [6.45, 7) is 3.83. The first kappa shape index (κ1) is 23.0. The van der Waals surface area contributed by atoms with Crippen LogP contribution in [0.5, 0.6) is 0 Å². The zero-order valence-electron chi connectivity index (χ0n) is 38.8. The summed E-state index contributed by atoms with van der Waals surface area (Å²) in [7, 11) is 0. The number of nitrogens with zero attached hydrogens (tertiary/aromatic N) is 2. The zero-order chi connectivity index (χ0) is 44.0. The summed E-state index contributed by atoms with van der Waals surface area (Å²) in [6.07, 6.45) is 0. The minimum atomic E-state index is -0.469. The van der Waals surface area contributed by atoms with E-state index in [1.54, 1.807) is 9.80 Å². The first-order chi connectivity index (χ1) is 29.8. The highest BCUT2D eigenvalue weighted by Crippen LogP contribution is 2.41. The summed E-state index contributed by atoms with van der Waals surface area (Å²) in [5.41, 5.74) is 9.78. The second kappa shape index (κ2) is 14.7. The molecule has 0 saturated carbocycles. The minimum absolute atomic E-state index is 0.0315. The molecule has 0 saturated heterocycles. The molecule has 0 unspecified atom stereocenters. The van der Waals surface area contributed by atoms with Gasteiger partial charge in [0, 0.05) is 34.1 Å². The normalized spacial score (nSPS) is 13.6. The molecule has 0 spiro atoms. The molecule has 8 aromatic carbocycles. The van der Waals surface area contributed by atoms with Gasteiger partial charge >= 0.3 is 0 Å². The smallest absolute Gasteiger partial charge is 0.0645 e. The molecule has 250 valence electrons. The van der Waals surface area contributed by atoms with Crippen LogP contribution in [0, 0.1) is 13.8 Å². The average Bonchev–Trinajstić information content (AvgIpc) is 3.30. The van der Waals surface area contributed by atoms with Crippen molar-refractivity contribution in [2.45, 2.75) is 13.8 Å².